The van der Waals surface area contributed by atoms with Crippen LogP contribution < -0.4 is 4.90 Å². The van der Waals surface area contributed by atoms with E-state index < -0.39 is 0 Å². The lowest BCUT2D eigenvalue weighted by atomic mass is 10.4. The van der Waals surface area contributed by atoms with Gasteiger partial charge in [0.15, 0.2) is 4.34 Å². The van der Waals surface area contributed by atoms with Crippen molar-refractivity contribution < 1.29 is 4.79 Å². The summed E-state index contributed by atoms with van der Waals surface area (Å²) in [6, 6.07) is 0. The van der Waals surface area contributed by atoms with Crippen molar-refractivity contribution in [1.82, 2.24) is 10.2 Å². The van der Waals surface area contributed by atoms with Crippen molar-refractivity contribution in [2.75, 3.05) is 17.2 Å². The third-order valence-corrected chi connectivity index (χ3v) is 4.79. The van der Waals surface area contributed by atoms with Crippen molar-refractivity contribution in [2.24, 2.45) is 0 Å². The van der Waals surface area contributed by atoms with Gasteiger partial charge >= 0.3 is 0 Å². The highest BCUT2D eigenvalue weighted by Gasteiger charge is 2.30. The third kappa shape index (κ3) is 2.70. The highest BCUT2D eigenvalue weighted by Crippen LogP contribution is 2.31. The lowest BCUT2D eigenvalue weighted by Gasteiger charge is -2.09. The van der Waals surface area contributed by atoms with Crippen molar-refractivity contribution in [2.45, 2.75) is 29.4 Å². The average molecular weight is 275 g/mol. The van der Waals surface area contributed by atoms with Gasteiger partial charge in [-0.05, 0) is 6.42 Å². The first-order chi connectivity index (χ1) is 7.70. The van der Waals surface area contributed by atoms with E-state index in [-0.39, 0.29) is 11.2 Å². The van der Waals surface area contributed by atoms with Gasteiger partial charge in [0.25, 0.3) is 0 Å². The fourth-order valence-electron chi connectivity index (χ4n) is 1.43. The summed E-state index contributed by atoms with van der Waals surface area (Å²) >= 11 is 7.49. The number of amides is 1. The summed E-state index contributed by atoms with van der Waals surface area (Å²) in [7, 11) is 0. The number of carbonyl (C=O) groups excluding carboxylic acids is 1. The van der Waals surface area contributed by atoms with E-state index in [1.165, 1.54) is 11.3 Å². The summed E-state index contributed by atoms with van der Waals surface area (Å²) in [5.41, 5.74) is 0. The Kier molecular flexibility index (Phi) is 4.10. The first-order valence-corrected chi connectivity index (χ1v) is 7.47. The van der Waals surface area contributed by atoms with Gasteiger partial charge in [0.2, 0.25) is 11.0 Å². The number of thiol groups is 1. The second-order valence-corrected chi connectivity index (χ2v) is 6.59. The van der Waals surface area contributed by atoms with Gasteiger partial charge in [-0.3, -0.25) is 9.69 Å². The van der Waals surface area contributed by atoms with E-state index in [0.717, 1.165) is 16.5 Å². The summed E-state index contributed by atoms with van der Waals surface area (Å²) in [5, 5.41) is 8.96. The Bertz CT molecular complexity index is 382. The van der Waals surface area contributed by atoms with Crippen LogP contribution in [-0.4, -0.2) is 33.7 Å². The zero-order valence-electron chi connectivity index (χ0n) is 8.92. The maximum atomic E-state index is 11.6. The maximum Gasteiger partial charge on any atom is 0.230 e. The number of hydrogen-bond acceptors (Lipinski definition) is 6. The molecule has 2 heterocycles. The SMILES string of the molecule is CCCSc1nnc(N2CC(S)CC2=O)s1. The first-order valence-electron chi connectivity index (χ1n) is 5.15. The minimum absolute atomic E-state index is 0.100. The molecule has 4 nitrogen and oxygen atoms in total. The molecule has 1 unspecified atom stereocenters. The Balaban J connectivity index is 2.04. The van der Waals surface area contributed by atoms with Gasteiger partial charge in [-0.2, -0.15) is 12.6 Å². The van der Waals surface area contributed by atoms with E-state index >= 15 is 0 Å². The van der Waals surface area contributed by atoms with E-state index in [1.807, 2.05) is 0 Å². The topological polar surface area (TPSA) is 46.1 Å². The molecule has 1 aliphatic heterocycles. The van der Waals surface area contributed by atoms with Crippen molar-refractivity contribution in [3.05, 3.63) is 0 Å². The quantitative estimate of drug-likeness (QED) is 0.519. The van der Waals surface area contributed by atoms with Crippen molar-refractivity contribution in [3.8, 4) is 0 Å². The van der Waals surface area contributed by atoms with E-state index in [1.54, 1.807) is 16.7 Å². The Labute approximate surface area is 108 Å². The molecule has 88 valence electrons. The first kappa shape index (κ1) is 12.2. The molecular formula is C9H13N3OS3. The molecule has 1 fully saturated rings. The molecule has 1 aromatic heterocycles. The number of thioether (sulfide) groups is 1. The highest BCUT2D eigenvalue weighted by molar-refractivity contribution is 8.01. The molecule has 0 bridgehead atoms. The molecule has 1 amide bonds. The van der Waals surface area contributed by atoms with E-state index in [9.17, 15) is 4.79 Å². The standard InChI is InChI=1S/C9H13N3OS3/c1-2-3-15-9-11-10-8(16-9)12-5-6(14)4-7(12)13/h6,14H,2-5H2,1H3. The van der Waals surface area contributed by atoms with Gasteiger partial charge in [0.1, 0.15) is 0 Å². The summed E-state index contributed by atoms with van der Waals surface area (Å²) < 4.78 is 0.937. The average Bonchev–Trinajstić information content (AvgIpc) is 2.82. The van der Waals surface area contributed by atoms with Gasteiger partial charge in [-0.25, -0.2) is 0 Å². The van der Waals surface area contributed by atoms with Gasteiger partial charge < -0.3 is 0 Å². The van der Waals surface area contributed by atoms with Gasteiger partial charge in [-0.1, -0.05) is 30.0 Å². The normalized spacial score (nSPS) is 20.8. The number of carbonyl (C=O) groups is 1. The largest absolute Gasteiger partial charge is 0.286 e. The van der Waals surface area contributed by atoms with E-state index in [2.05, 4.69) is 29.7 Å². The Morgan fingerprint density at radius 3 is 3.06 bits per heavy atom. The number of anilines is 1. The smallest absolute Gasteiger partial charge is 0.230 e. The van der Waals surface area contributed by atoms with Crippen LogP contribution in [0.1, 0.15) is 19.8 Å². The zero-order valence-corrected chi connectivity index (χ0v) is 11.4. The molecule has 2 rings (SSSR count). The van der Waals surface area contributed by atoms with Crippen molar-refractivity contribution in [1.29, 1.82) is 0 Å². The Morgan fingerprint density at radius 2 is 2.44 bits per heavy atom. The van der Waals surface area contributed by atoms with Gasteiger partial charge in [-0.15, -0.1) is 10.2 Å². The zero-order chi connectivity index (χ0) is 11.5. The van der Waals surface area contributed by atoms with Crippen LogP contribution in [0.2, 0.25) is 0 Å². The fraction of sp³-hybridized carbons (Fsp3) is 0.667. The Morgan fingerprint density at radius 1 is 1.62 bits per heavy atom. The van der Waals surface area contributed by atoms with Crippen LogP contribution in [0.3, 0.4) is 0 Å². The predicted octanol–water partition coefficient (Wildman–Crippen LogP) is 2.08. The van der Waals surface area contributed by atoms with Crippen LogP contribution in [0.5, 0.6) is 0 Å². The van der Waals surface area contributed by atoms with Crippen LogP contribution in [-0.2, 0) is 4.79 Å². The van der Waals surface area contributed by atoms with E-state index in [4.69, 9.17) is 0 Å². The number of aromatic nitrogens is 2. The third-order valence-electron chi connectivity index (χ3n) is 2.16. The fourth-order valence-corrected chi connectivity index (χ4v) is 3.55. The monoisotopic (exact) mass is 275 g/mol. The molecule has 0 N–H and O–H groups in total. The second-order valence-electron chi connectivity index (χ2n) is 3.56. The summed E-state index contributed by atoms with van der Waals surface area (Å²) in [6.45, 7) is 2.78. The van der Waals surface area contributed by atoms with Crippen LogP contribution in [0, 0.1) is 0 Å². The molecular weight excluding hydrogens is 262 g/mol. The summed E-state index contributed by atoms with van der Waals surface area (Å²) in [4.78, 5) is 13.3. The molecule has 0 radical (unpaired) electrons. The summed E-state index contributed by atoms with van der Waals surface area (Å²) in [6.07, 6.45) is 1.61. The molecule has 1 saturated heterocycles. The molecule has 1 aliphatic rings. The molecule has 1 aromatic rings. The van der Waals surface area contributed by atoms with Crippen LogP contribution >= 0.6 is 35.7 Å². The predicted molar refractivity (Wildman–Crippen MR) is 70.7 cm³/mol. The summed E-state index contributed by atoms with van der Waals surface area (Å²) in [5.74, 6) is 1.14. The van der Waals surface area contributed by atoms with E-state index in [0.29, 0.717) is 18.1 Å². The van der Waals surface area contributed by atoms with Crippen LogP contribution in [0.15, 0.2) is 4.34 Å². The lowest BCUT2D eigenvalue weighted by molar-refractivity contribution is -0.117. The lowest BCUT2D eigenvalue weighted by Crippen LogP contribution is -2.24. The van der Waals surface area contributed by atoms with Crippen molar-refractivity contribution >= 4 is 46.8 Å². The molecule has 7 heteroatoms. The maximum absolute atomic E-state index is 11.6. The van der Waals surface area contributed by atoms with Gasteiger partial charge in [0.05, 0.1) is 0 Å². The molecule has 0 saturated carbocycles. The second kappa shape index (κ2) is 5.37. The molecule has 0 spiro atoms. The minimum atomic E-state index is 0.100. The molecule has 0 aliphatic carbocycles. The molecule has 1 atom stereocenters. The van der Waals surface area contributed by atoms with Gasteiger partial charge in [0, 0.05) is 24.0 Å². The number of rotatable bonds is 4. The van der Waals surface area contributed by atoms with Crippen molar-refractivity contribution in [3.63, 3.8) is 0 Å². The van der Waals surface area contributed by atoms with Crippen LogP contribution in [0.25, 0.3) is 0 Å². The Hall–Kier alpha value is -0.270. The highest BCUT2D eigenvalue weighted by atomic mass is 32.2. The minimum Gasteiger partial charge on any atom is -0.286 e. The van der Waals surface area contributed by atoms with Crippen LogP contribution in [0.4, 0.5) is 5.13 Å². The number of hydrogen-bond donors (Lipinski definition) is 1. The molecule has 0 aromatic carbocycles. The number of nitrogens with zero attached hydrogens (tertiary/aromatic N) is 3. The molecule has 16 heavy (non-hydrogen) atoms.